The number of hydrazone groups is 1. The van der Waals surface area contributed by atoms with Crippen LogP contribution < -0.4 is 16.9 Å². The van der Waals surface area contributed by atoms with E-state index in [9.17, 15) is 4.79 Å². The second-order valence-corrected chi connectivity index (χ2v) is 7.64. The molecular weight excluding hydrogens is 416 g/mol. The van der Waals surface area contributed by atoms with Crippen LogP contribution >= 0.6 is 0 Å². The van der Waals surface area contributed by atoms with Crippen molar-refractivity contribution in [3.8, 4) is 0 Å². The lowest BCUT2D eigenvalue weighted by molar-refractivity contribution is 0.0961. The monoisotopic (exact) mass is 448 g/mol. The predicted octanol–water partition coefficient (Wildman–Crippen LogP) is 2.81. The standard InChI is InChI=1S/C24H32N8O/c1-4-32-14-6-7-19(16-32)23(31-27)15-28-17(2)10-11-18(3)29-24(33)22-9-5-8-21(30-22)20(26)12-13-25/h4-5,8-13,15,19,25H,1,6-7,14,16,26-27H2,2-3H3,(H,29,33)/b17-10+,18-11+,20-12-,25-13?,28-15?,31-23?. The van der Waals surface area contributed by atoms with E-state index in [1.807, 2.05) is 13.1 Å². The minimum Gasteiger partial charge on any atom is -0.397 e. The zero-order valence-corrected chi connectivity index (χ0v) is 19.2. The first-order valence-corrected chi connectivity index (χ1v) is 10.7. The number of likely N-dealkylation sites (tertiary alicyclic amines) is 1. The first-order valence-electron chi connectivity index (χ1n) is 10.7. The molecule has 0 bridgehead atoms. The number of hydrogen-bond donors (Lipinski definition) is 4. The number of aromatic nitrogens is 1. The number of carbonyl (C=O) groups is 1. The van der Waals surface area contributed by atoms with Gasteiger partial charge >= 0.3 is 0 Å². The molecule has 0 aliphatic carbocycles. The molecule has 33 heavy (non-hydrogen) atoms. The van der Waals surface area contributed by atoms with Crippen molar-refractivity contribution in [3.63, 3.8) is 0 Å². The summed E-state index contributed by atoms with van der Waals surface area (Å²) in [4.78, 5) is 23.4. The number of aliphatic imine (C=N–C) groups is 1. The number of nitrogens with two attached hydrogens (primary N) is 2. The molecule has 1 atom stereocenters. The van der Waals surface area contributed by atoms with Gasteiger partial charge in [0.05, 0.1) is 23.3 Å². The zero-order valence-electron chi connectivity index (χ0n) is 19.2. The summed E-state index contributed by atoms with van der Waals surface area (Å²) in [6.07, 6.45) is 11.7. The molecule has 1 aromatic heterocycles. The third-order valence-corrected chi connectivity index (χ3v) is 5.10. The number of nitrogens with zero attached hydrogens (tertiary/aromatic N) is 4. The van der Waals surface area contributed by atoms with Gasteiger partial charge in [0.1, 0.15) is 5.69 Å². The third kappa shape index (κ3) is 7.88. The van der Waals surface area contributed by atoms with Crippen LogP contribution in [0.3, 0.4) is 0 Å². The quantitative estimate of drug-likeness (QED) is 0.199. The average Bonchev–Trinajstić information content (AvgIpc) is 2.83. The van der Waals surface area contributed by atoms with Gasteiger partial charge in [0, 0.05) is 36.6 Å². The summed E-state index contributed by atoms with van der Waals surface area (Å²) in [5.74, 6) is 5.47. The number of rotatable bonds is 9. The van der Waals surface area contributed by atoms with Crippen LogP contribution in [0, 0.1) is 11.3 Å². The fourth-order valence-electron chi connectivity index (χ4n) is 3.30. The Morgan fingerprint density at radius 3 is 2.76 bits per heavy atom. The molecular formula is C24H32N8O. The lowest BCUT2D eigenvalue weighted by Gasteiger charge is -2.31. The van der Waals surface area contributed by atoms with E-state index in [0.717, 1.165) is 43.6 Å². The summed E-state index contributed by atoms with van der Waals surface area (Å²) in [5, 5.41) is 13.8. The van der Waals surface area contributed by atoms with E-state index in [0.29, 0.717) is 17.1 Å². The smallest absolute Gasteiger partial charge is 0.274 e. The molecule has 9 nitrogen and oxygen atoms in total. The van der Waals surface area contributed by atoms with Crippen molar-refractivity contribution in [2.75, 3.05) is 13.1 Å². The highest BCUT2D eigenvalue weighted by molar-refractivity contribution is 6.31. The number of piperidine rings is 1. The van der Waals surface area contributed by atoms with Gasteiger partial charge in [0.25, 0.3) is 5.91 Å². The van der Waals surface area contributed by atoms with E-state index in [2.05, 4.69) is 31.9 Å². The number of pyridine rings is 1. The van der Waals surface area contributed by atoms with Crippen LogP contribution in [0.4, 0.5) is 0 Å². The Balaban J connectivity index is 2.01. The molecule has 1 aliphatic heterocycles. The Morgan fingerprint density at radius 1 is 1.30 bits per heavy atom. The Hall–Kier alpha value is -4.01. The van der Waals surface area contributed by atoms with Crippen molar-refractivity contribution >= 4 is 29.7 Å². The molecule has 1 unspecified atom stereocenters. The van der Waals surface area contributed by atoms with Gasteiger partial charge in [-0.2, -0.15) is 5.10 Å². The van der Waals surface area contributed by atoms with Gasteiger partial charge in [-0.15, -0.1) is 0 Å². The molecule has 2 heterocycles. The van der Waals surface area contributed by atoms with Crippen LogP contribution in [0.5, 0.6) is 0 Å². The molecule has 1 aromatic rings. The highest BCUT2D eigenvalue weighted by atomic mass is 16.1. The Morgan fingerprint density at radius 2 is 2.06 bits per heavy atom. The van der Waals surface area contributed by atoms with Gasteiger partial charge in [0.15, 0.2) is 0 Å². The lowest BCUT2D eigenvalue weighted by atomic mass is 9.94. The molecule has 0 aromatic carbocycles. The molecule has 0 spiro atoms. The molecule has 0 saturated carbocycles. The highest BCUT2D eigenvalue weighted by Gasteiger charge is 2.21. The topological polar surface area (TPSA) is 146 Å². The van der Waals surface area contributed by atoms with E-state index < -0.39 is 0 Å². The van der Waals surface area contributed by atoms with Crippen molar-refractivity contribution < 1.29 is 4.79 Å². The second kappa shape index (κ2) is 12.7. The SMILES string of the molecule is C=CN1CCCC(C(C=N/C(C)=C/C=C(\C)NC(=O)c2cccc(/C(N)=C/C=N)n2)=NN)C1. The van der Waals surface area contributed by atoms with E-state index in [-0.39, 0.29) is 17.5 Å². The molecule has 1 amide bonds. The van der Waals surface area contributed by atoms with Gasteiger partial charge in [0.2, 0.25) is 0 Å². The number of allylic oxidation sites excluding steroid dienone is 5. The zero-order chi connectivity index (χ0) is 24.2. The summed E-state index contributed by atoms with van der Waals surface area (Å²) in [6.45, 7) is 9.29. The van der Waals surface area contributed by atoms with Gasteiger partial charge < -0.3 is 27.2 Å². The van der Waals surface area contributed by atoms with Crippen LogP contribution in [0.1, 0.15) is 42.9 Å². The summed E-state index contributed by atoms with van der Waals surface area (Å²) in [7, 11) is 0. The van der Waals surface area contributed by atoms with E-state index in [1.165, 1.54) is 6.08 Å². The predicted molar refractivity (Wildman–Crippen MR) is 135 cm³/mol. The summed E-state index contributed by atoms with van der Waals surface area (Å²) < 4.78 is 0. The molecule has 9 heteroatoms. The highest BCUT2D eigenvalue weighted by Crippen LogP contribution is 2.17. The minimum atomic E-state index is -0.357. The molecule has 1 saturated heterocycles. The molecule has 0 radical (unpaired) electrons. The maximum Gasteiger partial charge on any atom is 0.274 e. The van der Waals surface area contributed by atoms with Crippen LogP contribution in [-0.2, 0) is 0 Å². The lowest BCUT2D eigenvalue weighted by Crippen LogP contribution is -2.36. The van der Waals surface area contributed by atoms with Crippen molar-refractivity contribution in [1.29, 1.82) is 5.41 Å². The third-order valence-electron chi connectivity index (χ3n) is 5.10. The van der Waals surface area contributed by atoms with Gasteiger partial charge in [-0.1, -0.05) is 12.6 Å². The van der Waals surface area contributed by atoms with E-state index in [4.69, 9.17) is 17.0 Å². The first kappa shape index (κ1) is 25.3. The normalized spacial score (nSPS) is 18.4. The van der Waals surface area contributed by atoms with Crippen LogP contribution in [-0.4, -0.2) is 47.0 Å². The Labute approximate surface area is 194 Å². The molecule has 1 fully saturated rings. The first-order chi connectivity index (χ1) is 15.9. The van der Waals surface area contributed by atoms with E-state index >= 15 is 0 Å². The second-order valence-electron chi connectivity index (χ2n) is 7.64. The Bertz CT molecular complexity index is 1020. The maximum atomic E-state index is 12.5. The largest absolute Gasteiger partial charge is 0.397 e. The fourth-order valence-corrected chi connectivity index (χ4v) is 3.30. The Kier molecular flexibility index (Phi) is 9.76. The number of carbonyl (C=O) groups excluding carboxylic acids is 1. The van der Waals surface area contributed by atoms with Crippen LogP contribution in [0.15, 0.2) is 70.7 Å². The molecule has 2 rings (SSSR count). The summed E-state index contributed by atoms with van der Waals surface area (Å²) >= 11 is 0. The summed E-state index contributed by atoms with van der Waals surface area (Å²) in [5.41, 5.74) is 8.94. The summed E-state index contributed by atoms with van der Waals surface area (Å²) in [6, 6.07) is 4.97. The molecule has 6 N–H and O–H groups in total. The van der Waals surface area contributed by atoms with E-state index in [1.54, 1.807) is 43.5 Å². The van der Waals surface area contributed by atoms with Crippen LogP contribution in [0.2, 0.25) is 0 Å². The van der Waals surface area contributed by atoms with Crippen molar-refractivity contribution in [2.24, 2.45) is 27.6 Å². The molecule has 174 valence electrons. The van der Waals surface area contributed by atoms with Crippen molar-refractivity contribution in [3.05, 3.63) is 72.0 Å². The number of amides is 1. The number of hydrogen-bond acceptors (Lipinski definition) is 8. The maximum absolute atomic E-state index is 12.5. The minimum absolute atomic E-state index is 0.223. The number of nitrogens with one attached hydrogen (secondary N) is 2. The van der Waals surface area contributed by atoms with Gasteiger partial charge in [-0.05, 0) is 63.2 Å². The van der Waals surface area contributed by atoms with Crippen molar-refractivity contribution in [2.45, 2.75) is 26.7 Å². The van der Waals surface area contributed by atoms with Crippen LogP contribution in [0.25, 0.3) is 5.70 Å². The van der Waals surface area contributed by atoms with Gasteiger partial charge in [-0.3, -0.25) is 9.79 Å². The average molecular weight is 449 g/mol. The van der Waals surface area contributed by atoms with Crippen molar-refractivity contribution in [1.82, 2.24) is 15.2 Å². The molecule has 1 aliphatic rings. The fraction of sp³-hybridized carbons (Fsp3) is 0.292. The van der Waals surface area contributed by atoms with Gasteiger partial charge in [-0.25, -0.2) is 4.98 Å².